The molecule has 0 spiro atoms. The molecule has 0 saturated carbocycles. The van der Waals surface area contributed by atoms with E-state index in [4.69, 9.17) is 14.3 Å². The Morgan fingerprint density at radius 1 is 0.964 bits per heavy atom. The van der Waals surface area contributed by atoms with Gasteiger partial charge in [-0.1, -0.05) is 18.2 Å². The lowest BCUT2D eigenvalue weighted by molar-refractivity contribution is -0.133. The fraction of sp³-hybridized carbons (Fsp3) is 0.0500. The zero-order valence-electron chi connectivity index (χ0n) is 14.5. The molecule has 7 nitrogen and oxygen atoms in total. The van der Waals surface area contributed by atoms with Crippen LogP contribution in [0, 0.1) is 0 Å². The van der Waals surface area contributed by atoms with Crippen molar-refractivity contribution < 1.29 is 19.1 Å². The lowest BCUT2D eigenvalue weighted by atomic mass is 10.2. The van der Waals surface area contributed by atoms with Crippen LogP contribution in [0.25, 0.3) is 22.9 Å². The third kappa shape index (κ3) is 4.24. The maximum Gasteiger partial charge on any atom is 0.313 e. The second-order valence-electron chi connectivity index (χ2n) is 5.70. The van der Waals surface area contributed by atoms with Crippen molar-refractivity contribution in [3.05, 3.63) is 66.7 Å². The number of thioether (sulfide) groups is 1. The molecular formula is C20H14N3O4S-. The summed E-state index contributed by atoms with van der Waals surface area (Å²) in [5.41, 5.74) is 0.881. The third-order valence-electron chi connectivity index (χ3n) is 3.70. The Bertz CT molecular complexity index is 1070. The Kier molecular flexibility index (Phi) is 5.11. The van der Waals surface area contributed by atoms with Gasteiger partial charge in [0.1, 0.15) is 23.0 Å². The molecule has 2 aromatic carbocycles. The Hall–Kier alpha value is -3.52. The molecule has 0 unspecified atom stereocenters. The monoisotopic (exact) mass is 392 g/mol. The van der Waals surface area contributed by atoms with E-state index in [0.29, 0.717) is 22.5 Å². The van der Waals surface area contributed by atoms with Gasteiger partial charge < -0.3 is 29.4 Å². The topological polar surface area (TPSA) is 99.6 Å². The van der Waals surface area contributed by atoms with Crippen molar-refractivity contribution in [2.24, 2.45) is 0 Å². The zero-order valence-corrected chi connectivity index (χ0v) is 15.3. The first kappa shape index (κ1) is 17.9. The number of furan rings is 1. The molecule has 8 heteroatoms. The molecule has 0 aliphatic heterocycles. The summed E-state index contributed by atoms with van der Waals surface area (Å²) >= 11 is 1.01. The van der Waals surface area contributed by atoms with Crippen LogP contribution in [0.5, 0.6) is 11.5 Å². The Morgan fingerprint density at radius 3 is 2.43 bits per heavy atom. The predicted octanol–water partition coefficient (Wildman–Crippen LogP) is 4.33. The molecule has 0 aliphatic carbocycles. The highest BCUT2D eigenvalue weighted by Crippen LogP contribution is 2.29. The van der Waals surface area contributed by atoms with Crippen molar-refractivity contribution in [1.82, 2.24) is 15.2 Å². The minimum Gasteiger partial charge on any atom is -0.481 e. The van der Waals surface area contributed by atoms with Crippen LogP contribution in [-0.2, 0) is 4.79 Å². The number of aromatic nitrogens is 3. The van der Waals surface area contributed by atoms with Gasteiger partial charge in [0.15, 0.2) is 0 Å². The molecule has 28 heavy (non-hydrogen) atoms. The van der Waals surface area contributed by atoms with Gasteiger partial charge in [0.05, 0.1) is 11.6 Å². The number of carbonyl (C=O) groups is 1. The van der Waals surface area contributed by atoms with Crippen LogP contribution in [0.2, 0.25) is 0 Å². The maximum absolute atomic E-state index is 10.6. The van der Waals surface area contributed by atoms with Crippen molar-refractivity contribution in [3.8, 4) is 34.4 Å². The van der Waals surface area contributed by atoms with Gasteiger partial charge in [-0.25, -0.2) is 0 Å². The SMILES string of the molecule is O=C(O)CSc1nnc(-c2ccc(-c3ccc(Oc4ccccc4)cc3)o2)[n-]1. The molecule has 0 aliphatic rings. The van der Waals surface area contributed by atoms with Crippen LogP contribution >= 0.6 is 11.8 Å². The van der Waals surface area contributed by atoms with Crippen LogP contribution in [0.4, 0.5) is 0 Å². The molecule has 4 rings (SSSR count). The van der Waals surface area contributed by atoms with Crippen LogP contribution in [-0.4, -0.2) is 27.0 Å². The molecule has 0 saturated heterocycles. The first-order chi connectivity index (χ1) is 13.7. The maximum atomic E-state index is 10.6. The summed E-state index contributed by atoms with van der Waals surface area (Å²) in [5, 5.41) is 16.8. The third-order valence-corrected chi connectivity index (χ3v) is 4.52. The van der Waals surface area contributed by atoms with Gasteiger partial charge in [0.2, 0.25) is 0 Å². The number of carboxylic acids is 1. The first-order valence-corrected chi connectivity index (χ1v) is 9.31. The number of hydrogen-bond acceptors (Lipinski definition) is 6. The molecule has 1 N–H and O–H groups in total. The van der Waals surface area contributed by atoms with Gasteiger partial charge >= 0.3 is 5.97 Å². The van der Waals surface area contributed by atoms with Crippen molar-refractivity contribution >= 4 is 17.7 Å². The van der Waals surface area contributed by atoms with Crippen LogP contribution in [0.1, 0.15) is 0 Å². The van der Waals surface area contributed by atoms with Gasteiger partial charge in [-0.15, -0.1) is 11.8 Å². The smallest absolute Gasteiger partial charge is 0.313 e. The normalized spacial score (nSPS) is 10.7. The van der Waals surface area contributed by atoms with E-state index in [1.54, 1.807) is 6.07 Å². The molecular weight excluding hydrogens is 378 g/mol. The molecule has 2 aromatic heterocycles. The van der Waals surface area contributed by atoms with E-state index >= 15 is 0 Å². The molecule has 0 atom stereocenters. The van der Waals surface area contributed by atoms with Crippen LogP contribution < -0.4 is 9.72 Å². The van der Waals surface area contributed by atoms with E-state index < -0.39 is 5.97 Å². The lowest BCUT2D eigenvalue weighted by Gasteiger charge is -2.05. The highest BCUT2D eigenvalue weighted by atomic mass is 32.2. The van der Waals surface area contributed by atoms with Gasteiger partial charge in [0.25, 0.3) is 0 Å². The van der Waals surface area contributed by atoms with Gasteiger partial charge in [-0.3, -0.25) is 4.79 Å². The second-order valence-corrected chi connectivity index (χ2v) is 6.65. The number of hydrogen-bond donors (Lipinski definition) is 1. The molecule has 140 valence electrons. The highest BCUT2D eigenvalue weighted by molar-refractivity contribution is 7.99. The number of carboxylic acid groups (broad SMARTS) is 1. The Balaban J connectivity index is 1.46. The van der Waals surface area contributed by atoms with Crippen molar-refractivity contribution in [2.75, 3.05) is 5.75 Å². The number of benzene rings is 2. The van der Waals surface area contributed by atoms with Gasteiger partial charge in [-0.2, -0.15) is 0 Å². The highest BCUT2D eigenvalue weighted by Gasteiger charge is 2.08. The summed E-state index contributed by atoms with van der Waals surface area (Å²) in [6, 6.07) is 20.7. The number of rotatable bonds is 7. The van der Waals surface area contributed by atoms with Gasteiger partial charge in [0, 0.05) is 10.7 Å². The van der Waals surface area contributed by atoms with E-state index in [0.717, 1.165) is 28.8 Å². The van der Waals surface area contributed by atoms with E-state index in [-0.39, 0.29) is 5.75 Å². The van der Waals surface area contributed by atoms with Crippen molar-refractivity contribution in [3.63, 3.8) is 0 Å². The van der Waals surface area contributed by atoms with Crippen molar-refractivity contribution in [2.45, 2.75) is 5.16 Å². The van der Waals surface area contributed by atoms with E-state index in [1.165, 1.54) is 0 Å². The van der Waals surface area contributed by atoms with E-state index in [9.17, 15) is 4.79 Å². The van der Waals surface area contributed by atoms with Crippen LogP contribution in [0.3, 0.4) is 0 Å². The molecule has 0 bridgehead atoms. The molecule has 4 aromatic rings. The van der Waals surface area contributed by atoms with Gasteiger partial charge in [-0.05, 0) is 48.5 Å². The quantitative estimate of drug-likeness (QED) is 0.464. The zero-order chi connectivity index (χ0) is 19.3. The average molecular weight is 392 g/mol. The van der Waals surface area contributed by atoms with E-state index in [2.05, 4.69) is 15.2 Å². The molecule has 0 amide bonds. The Morgan fingerprint density at radius 2 is 1.68 bits per heavy atom. The summed E-state index contributed by atoms with van der Waals surface area (Å²) in [5.74, 6) is 1.89. The number of ether oxygens (including phenoxy) is 1. The minimum atomic E-state index is -0.934. The molecule has 0 radical (unpaired) electrons. The summed E-state index contributed by atoms with van der Waals surface area (Å²) in [7, 11) is 0. The number of aliphatic carboxylic acids is 1. The minimum absolute atomic E-state index is 0.119. The molecule has 2 heterocycles. The lowest BCUT2D eigenvalue weighted by Crippen LogP contribution is -1.98. The van der Waals surface area contributed by atoms with E-state index in [1.807, 2.05) is 60.7 Å². The summed E-state index contributed by atoms with van der Waals surface area (Å²) in [6.07, 6.45) is 0. The number of para-hydroxylation sites is 1. The number of nitrogens with zero attached hydrogens (tertiary/aromatic N) is 3. The standard InChI is InChI=1S/C20H15N3O4S/c24-18(25)12-28-20-21-19(22-23-20)17-11-10-16(27-17)13-6-8-15(9-7-13)26-14-4-2-1-3-5-14/h1-11H,12H2,(H2,21,22,23,24,25)/p-1. The van der Waals surface area contributed by atoms with Crippen molar-refractivity contribution in [1.29, 1.82) is 0 Å². The Labute approximate surface area is 164 Å². The fourth-order valence-corrected chi connectivity index (χ4v) is 2.94. The first-order valence-electron chi connectivity index (χ1n) is 8.33. The summed E-state index contributed by atoms with van der Waals surface area (Å²) in [6.45, 7) is 0. The summed E-state index contributed by atoms with van der Waals surface area (Å²) in [4.78, 5) is 14.8. The fourth-order valence-electron chi connectivity index (χ4n) is 2.44. The average Bonchev–Trinajstić information content (AvgIpc) is 3.37. The summed E-state index contributed by atoms with van der Waals surface area (Å²) < 4.78 is 11.6. The molecule has 0 fully saturated rings. The second kappa shape index (κ2) is 8.01. The largest absolute Gasteiger partial charge is 0.481 e. The predicted molar refractivity (Wildman–Crippen MR) is 103 cm³/mol. The van der Waals surface area contributed by atoms with Crippen LogP contribution in [0.15, 0.2) is 76.3 Å².